The van der Waals surface area contributed by atoms with Crippen molar-refractivity contribution in [2.45, 2.75) is 44.2 Å². The lowest BCUT2D eigenvalue weighted by molar-refractivity contribution is -0.140. The number of amides is 2. The van der Waals surface area contributed by atoms with Crippen molar-refractivity contribution in [3.8, 4) is 11.5 Å². The molecule has 9 nitrogen and oxygen atoms in total. The molecule has 1 N–H and O–H groups in total. The highest BCUT2D eigenvalue weighted by molar-refractivity contribution is 7.92. The van der Waals surface area contributed by atoms with Crippen LogP contribution in [0.4, 0.5) is 5.69 Å². The Hall–Kier alpha value is -4.05. The predicted molar refractivity (Wildman–Crippen MR) is 155 cm³/mol. The fourth-order valence-corrected chi connectivity index (χ4v) is 5.73. The molecule has 0 unspecified atom stereocenters. The van der Waals surface area contributed by atoms with Crippen LogP contribution < -0.4 is 19.1 Å². The molecule has 0 bridgehead atoms. The van der Waals surface area contributed by atoms with Crippen LogP contribution in [0.3, 0.4) is 0 Å². The smallest absolute Gasteiger partial charge is 0.264 e. The number of methoxy groups -OCH3 is 2. The first-order valence-corrected chi connectivity index (χ1v) is 14.6. The summed E-state index contributed by atoms with van der Waals surface area (Å²) < 4.78 is 39.6. The molecule has 0 saturated carbocycles. The van der Waals surface area contributed by atoms with E-state index in [1.807, 2.05) is 26.0 Å². The van der Waals surface area contributed by atoms with E-state index < -0.39 is 28.5 Å². The number of hydrogen-bond acceptors (Lipinski definition) is 6. The summed E-state index contributed by atoms with van der Waals surface area (Å²) >= 11 is 0. The average molecular weight is 568 g/mol. The highest BCUT2D eigenvalue weighted by Crippen LogP contribution is 2.32. The van der Waals surface area contributed by atoms with Gasteiger partial charge in [-0.1, -0.05) is 56.3 Å². The van der Waals surface area contributed by atoms with Gasteiger partial charge in [0.05, 0.1) is 24.8 Å². The summed E-state index contributed by atoms with van der Waals surface area (Å²) in [5, 5.41) is 2.88. The third kappa shape index (κ3) is 7.32. The van der Waals surface area contributed by atoms with Gasteiger partial charge in [0.15, 0.2) is 0 Å². The van der Waals surface area contributed by atoms with Crippen molar-refractivity contribution < 1.29 is 27.5 Å². The number of para-hydroxylation sites is 2. The zero-order valence-corrected chi connectivity index (χ0v) is 24.2. The maximum atomic E-state index is 14.1. The van der Waals surface area contributed by atoms with Gasteiger partial charge in [0.1, 0.15) is 24.1 Å². The first kappa shape index (κ1) is 30.5. The molecular weight excluding hydrogens is 530 g/mol. The molecule has 214 valence electrons. The van der Waals surface area contributed by atoms with Crippen molar-refractivity contribution in [1.82, 2.24) is 10.2 Å². The fourth-order valence-electron chi connectivity index (χ4n) is 4.28. The van der Waals surface area contributed by atoms with E-state index in [0.717, 1.165) is 16.3 Å². The Morgan fingerprint density at radius 1 is 0.875 bits per heavy atom. The van der Waals surface area contributed by atoms with Gasteiger partial charge in [0.25, 0.3) is 10.0 Å². The van der Waals surface area contributed by atoms with Gasteiger partial charge in [0.2, 0.25) is 11.8 Å². The van der Waals surface area contributed by atoms with E-state index >= 15 is 0 Å². The van der Waals surface area contributed by atoms with Gasteiger partial charge in [-0.2, -0.15) is 0 Å². The van der Waals surface area contributed by atoms with E-state index in [-0.39, 0.29) is 23.0 Å². The van der Waals surface area contributed by atoms with E-state index in [2.05, 4.69) is 5.32 Å². The lowest BCUT2D eigenvalue weighted by Gasteiger charge is -2.33. The number of nitrogens with zero attached hydrogens (tertiary/aromatic N) is 2. The third-order valence-electron chi connectivity index (χ3n) is 6.41. The van der Waals surface area contributed by atoms with Gasteiger partial charge in [-0.15, -0.1) is 0 Å². The van der Waals surface area contributed by atoms with Crippen LogP contribution in [0.5, 0.6) is 11.5 Å². The lowest BCUT2D eigenvalue weighted by Crippen LogP contribution is -2.52. The Morgan fingerprint density at radius 3 is 2.12 bits per heavy atom. The Bertz CT molecular complexity index is 1360. The molecule has 0 radical (unpaired) electrons. The third-order valence-corrected chi connectivity index (χ3v) is 8.19. The van der Waals surface area contributed by atoms with Crippen LogP contribution in [0.2, 0.25) is 0 Å². The lowest BCUT2D eigenvalue weighted by atomic mass is 10.1. The molecule has 0 heterocycles. The molecule has 0 saturated heterocycles. The molecule has 3 aromatic rings. The second-order valence-electron chi connectivity index (χ2n) is 9.08. The van der Waals surface area contributed by atoms with Crippen molar-refractivity contribution >= 4 is 27.5 Å². The summed E-state index contributed by atoms with van der Waals surface area (Å²) in [6.45, 7) is 3.80. The molecular formula is C30H37N3O6S. The summed E-state index contributed by atoms with van der Waals surface area (Å²) in [5.74, 6) is 0.135. The summed E-state index contributed by atoms with van der Waals surface area (Å²) in [4.78, 5) is 28.7. The number of anilines is 1. The number of hydrogen-bond donors (Lipinski definition) is 1. The topological polar surface area (TPSA) is 105 Å². The minimum atomic E-state index is -4.18. The Labute approximate surface area is 236 Å². The second kappa shape index (κ2) is 14.4. The second-order valence-corrected chi connectivity index (χ2v) is 10.9. The van der Waals surface area contributed by atoms with Crippen molar-refractivity contribution in [2.75, 3.05) is 31.6 Å². The van der Waals surface area contributed by atoms with E-state index in [0.29, 0.717) is 24.5 Å². The zero-order chi connectivity index (χ0) is 29.1. The molecule has 1 atom stereocenters. The Morgan fingerprint density at radius 2 is 1.52 bits per heavy atom. The van der Waals surface area contributed by atoms with E-state index in [1.165, 1.54) is 24.1 Å². The number of carbonyl (C=O) groups is 2. The van der Waals surface area contributed by atoms with Crippen LogP contribution in [0.1, 0.15) is 32.3 Å². The van der Waals surface area contributed by atoms with Gasteiger partial charge < -0.3 is 19.7 Å². The molecule has 2 amide bonds. The van der Waals surface area contributed by atoms with Crippen molar-refractivity contribution in [1.29, 1.82) is 0 Å². The van der Waals surface area contributed by atoms with Crippen LogP contribution in [0, 0.1) is 0 Å². The highest BCUT2D eigenvalue weighted by atomic mass is 32.2. The minimum Gasteiger partial charge on any atom is -0.497 e. The molecule has 3 aromatic carbocycles. The molecule has 0 spiro atoms. The average Bonchev–Trinajstić information content (AvgIpc) is 2.99. The van der Waals surface area contributed by atoms with Crippen LogP contribution in [0.15, 0.2) is 83.8 Å². The van der Waals surface area contributed by atoms with E-state index in [9.17, 15) is 18.0 Å². The molecule has 0 aromatic heterocycles. The summed E-state index contributed by atoms with van der Waals surface area (Å²) in [6, 6.07) is 20.9. The maximum absolute atomic E-state index is 14.1. The van der Waals surface area contributed by atoms with Crippen molar-refractivity contribution in [3.63, 3.8) is 0 Å². The van der Waals surface area contributed by atoms with Gasteiger partial charge in [-0.05, 0) is 54.8 Å². The zero-order valence-electron chi connectivity index (χ0n) is 23.4. The normalized spacial score (nSPS) is 11.8. The van der Waals surface area contributed by atoms with Gasteiger partial charge in [0, 0.05) is 13.1 Å². The first-order chi connectivity index (χ1) is 19.3. The summed E-state index contributed by atoms with van der Waals surface area (Å²) in [5.41, 5.74) is 0.987. The largest absolute Gasteiger partial charge is 0.497 e. The number of ether oxygens (including phenoxy) is 2. The van der Waals surface area contributed by atoms with Crippen LogP contribution in [-0.4, -0.2) is 58.5 Å². The molecule has 0 aliphatic heterocycles. The first-order valence-electron chi connectivity index (χ1n) is 13.2. The quantitative estimate of drug-likeness (QED) is 0.313. The standard InChI is InChI=1S/C30H37N3O6S/c1-5-20-31-30(35)26(6-2)32(21-23-16-18-24(38-3)19-17-23)29(34)22-33(27-14-10-11-15-28(27)39-4)40(36,37)25-12-8-7-9-13-25/h7-19,26H,5-6,20-22H2,1-4H3,(H,31,35)/t26-/m1/s1. The number of carbonyl (C=O) groups excluding carboxylic acids is 2. The minimum absolute atomic E-state index is 0.0307. The molecule has 3 rings (SSSR count). The van der Waals surface area contributed by atoms with Crippen LogP contribution in [-0.2, 0) is 26.2 Å². The molecule has 40 heavy (non-hydrogen) atoms. The van der Waals surface area contributed by atoms with Crippen LogP contribution in [0.25, 0.3) is 0 Å². The number of rotatable bonds is 14. The summed E-state index contributed by atoms with van der Waals surface area (Å²) in [6.07, 6.45) is 1.09. The number of benzene rings is 3. The molecule has 0 aliphatic rings. The predicted octanol–water partition coefficient (Wildman–Crippen LogP) is 4.23. The van der Waals surface area contributed by atoms with Gasteiger partial charge in [-0.25, -0.2) is 8.42 Å². The summed E-state index contributed by atoms with van der Waals surface area (Å²) in [7, 11) is -1.17. The van der Waals surface area contributed by atoms with Crippen molar-refractivity contribution in [3.05, 3.63) is 84.4 Å². The number of nitrogens with one attached hydrogen (secondary N) is 1. The monoisotopic (exact) mass is 567 g/mol. The highest BCUT2D eigenvalue weighted by Gasteiger charge is 2.34. The van der Waals surface area contributed by atoms with E-state index in [1.54, 1.807) is 61.7 Å². The Kier molecular flexibility index (Phi) is 11.0. The Balaban J connectivity index is 2.07. The maximum Gasteiger partial charge on any atom is 0.264 e. The fraction of sp³-hybridized carbons (Fsp3) is 0.333. The molecule has 0 fully saturated rings. The van der Waals surface area contributed by atoms with Gasteiger partial charge in [-0.3, -0.25) is 13.9 Å². The molecule has 10 heteroatoms. The van der Waals surface area contributed by atoms with Gasteiger partial charge >= 0.3 is 0 Å². The SMILES string of the molecule is CCCNC(=O)[C@@H](CC)N(Cc1ccc(OC)cc1)C(=O)CN(c1ccccc1OC)S(=O)(=O)c1ccccc1. The molecule has 0 aliphatic carbocycles. The van der Waals surface area contributed by atoms with Crippen molar-refractivity contribution in [2.24, 2.45) is 0 Å². The number of sulfonamides is 1. The van der Waals surface area contributed by atoms with E-state index in [4.69, 9.17) is 9.47 Å². The van der Waals surface area contributed by atoms with Crippen LogP contribution >= 0.6 is 0 Å².